The van der Waals surface area contributed by atoms with E-state index in [2.05, 4.69) is 12.2 Å². The fraction of sp³-hybridized carbons (Fsp3) is 0.643. The minimum atomic E-state index is -0.469. The van der Waals surface area contributed by atoms with E-state index in [1.165, 1.54) is 17.8 Å². The van der Waals surface area contributed by atoms with E-state index in [4.69, 9.17) is 4.74 Å². The van der Waals surface area contributed by atoms with Gasteiger partial charge in [-0.2, -0.15) is 0 Å². The topological polar surface area (TPSA) is 58.6 Å². The van der Waals surface area contributed by atoms with Crippen LogP contribution < -0.4 is 10.1 Å². The Morgan fingerprint density at radius 2 is 2.47 bits per heavy atom. The SMILES string of the molecule is COc1ccsc1C(=O)NC1(CO)CCCC(C)C1. The average molecular weight is 283 g/mol. The van der Waals surface area contributed by atoms with Crippen molar-refractivity contribution in [3.8, 4) is 5.75 Å². The highest BCUT2D eigenvalue weighted by Crippen LogP contribution is 2.33. The fourth-order valence-electron chi connectivity index (χ4n) is 2.88. The maximum atomic E-state index is 12.3. The van der Waals surface area contributed by atoms with Crippen molar-refractivity contribution in [2.24, 2.45) is 5.92 Å². The van der Waals surface area contributed by atoms with Crippen molar-refractivity contribution in [1.29, 1.82) is 0 Å². The summed E-state index contributed by atoms with van der Waals surface area (Å²) in [5.74, 6) is 0.987. The van der Waals surface area contributed by atoms with Crippen LogP contribution in [0.5, 0.6) is 5.75 Å². The van der Waals surface area contributed by atoms with Gasteiger partial charge >= 0.3 is 0 Å². The number of amides is 1. The Kier molecular flexibility index (Phi) is 4.47. The van der Waals surface area contributed by atoms with Gasteiger partial charge in [0, 0.05) is 0 Å². The molecule has 0 radical (unpaired) electrons. The molecule has 1 heterocycles. The van der Waals surface area contributed by atoms with Gasteiger partial charge in [0.15, 0.2) is 0 Å². The number of hydrogen-bond acceptors (Lipinski definition) is 4. The van der Waals surface area contributed by atoms with Gasteiger partial charge in [-0.3, -0.25) is 4.79 Å². The van der Waals surface area contributed by atoms with Gasteiger partial charge in [-0.1, -0.05) is 19.8 Å². The summed E-state index contributed by atoms with van der Waals surface area (Å²) >= 11 is 1.36. The maximum absolute atomic E-state index is 12.3. The molecule has 1 aliphatic carbocycles. The standard InChI is InChI=1S/C14H21NO3S/c1-10-4-3-6-14(8-10,9-16)15-13(17)12-11(18-2)5-7-19-12/h5,7,10,16H,3-4,6,8-9H2,1-2H3,(H,15,17). The van der Waals surface area contributed by atoms with Crippen LogP contribution in [0.25, 0.3) is 0 Å². The number of rotatable bonds is 4. The van der Waals surface area contributed by atoms with E-state index in [0.29, 0.717) is 16.5 Å². The van der Waals surface area contributed by atoms with Crippen LogP contribution in [0.15, 0.2) is 11.4 Å². The summed E-state index contributed by atoms with van der Waals surface area (Å²) in [5.41, 5.74) is -0.469. The molecule has 1 amide bonds. The minimum Gasteiger partial charge on any atom is -0.495 e. The van der Waals surface area contributed by atoms with Gasteiger partial charge in [0.2, 0.25) is 0 Å². The highest BCUT2D eigenvalue weighted by molar-refractivity contribution is 7.12. The van der Waals surface area contributed by atoms with Crippen LogP contribution in [0.1, 0.15) is 42.3 Å². The van der Waals surface area contributed by atoms with Gasteiger partial charge in [0.25, 0.3) is 5.91 Å². The summed E-state index contributed by atoms with van der Waals surface area (Å²) in [7, 11) is 1.56. The molecular formula is C14H21NO3S. The molecule has 0 spiro atoms. The summed E-state index contributed by atoms with van der Waals surface area (Å²) in [6, 6.07) is 1.79. The van der Waals surface area contributed by atoms with E-state index < -0.39 is 5.54 Å². The molecule has 0 aromatic carbocycles. The molecule has 0 saturated heterocycles. The minimum absolute atomic E-state index is 0.00320. The molecule has 2 atom stereocenters. The third-order valence-corrected chi connectivity index (χ3v) is 4.72. The third kappa shape index (κ3) is 3.09. The molecule has 5 heteroatoms. The molecule has 1 fully saturated rings. The van der Waals surface area contributed by atoms with Crippen LogP contribution in [0, 0.1) is 5.92 Å². The molecule has 1 aromatic heterocycles. The predicted octanol–water partition coefficient (Wildman–Crippen LogP) is 2.43. The molecule has 1 saturated carbocycles. The molecule has 1 aromatic rings. The van der Waals surface area contributed by atoms with E-state index in [-0.39, 0.29) is 12.5 Å². The lowest BCUT2D eigenvalue weighted by Gasteiger charge is -2.39. The van der Waals surface area contributed by atoms with E-state index in [1.807, 2.05) is 5.38 Å². The number of aliphatic hydroxyl groups excluding tert-OH is 1. The quantitative estimate of drug-likeness (QED) is 0.892. The number of aliphatic hydroxyl groups is 1. The number of carbonyl (C=O) groups excluding carboxylic acids is 1. The van der Waals surface area contributed by atoms with Crippen molar-refractivity contribution in [3.05, 3.63) is 16.3 Å². The number of carbonyl (C=O) groups is 1. The zero-order valence-corrected chi connectivity index (χ0v) is 12.3. The van der Waals surface area contributed by atoms with Crippen molar-refractivity contribution in [2.45, 2.75) is 38.1 Å². The largest absolute Gasteiger partial charge is 0.495 e. The van der Waals surface area contributed by atoms with E-state index in [0.717, 1.165) is 19.3 Å². The van der Waals surface area contributed by atoms with Crippen molar-refractivity contribution >= 4 is 17.2 Å². The lowest BCUT2D eigenvalue weighted by molar-refractivity contribution is 0.0698. The highest BCUT2D eigenvalue weighted by atomic mass is 32.1. The second kappa shape index (κ2) is 5.92. The second-order valence-corrected chi connectivity index (χ2v) is 6.33. The lowest BCUT2D eigenvalue weighted by Crippen LogP contribution is -2.53. The summed E-state index contributed by atoms with van der Waals surface area (Å²) in [6.07, 6.45) is 3.89. The summed E-state index contributed by atoms with van der Waals surface area (Å²) in [6.45, 7) is 2.16. The number of hydrogen-bond donors (Lipinski definition) is 2. The molecule has 106 valence electrons. The fourth-order valence-corrected chi connectivity index (χ4v) is 3.63. The van der Waals surface area contributed by atoms with Crippen LogP contribution in [0.2, 0.25) is 0 Å². The van der Waals surface area contributed by atoms with Crippen LogP contribution in [-0.4, -0.2) is 30.3 Å². The number of nitrogens with one attached hydrogen (secondary N) is 1. The van der Waals surface area contributed by atoms with Gasteiger partial charge < -0.3 is 15.2 Å². The monoisotopic (exact) mass is 283 g/mol. The molecule has 19 heavy (non-hydrogen) atoms. The van der Waals surface area contributed by atoms with Crippen LogP contribution in [-0.2, 0) is 0 Å². The normalized spacial score (nSPS) is 27.0. The first-order valence-corrected chi connectivity index (χ1v) is 7.53. The molecule has 4 nitrogen and oxygen atoms in total. The number of thiophene rings is 1. The Bertz CT molecular complexity index is 446. The number of methoxy groups -OCH3 is 1. The van der Waals surface area contributed by atoms with Gasteiger partial charge in [0.05, 0.1) is 19.3 Å². The Balaban J connectivity index is 2.12. The summed E-state index contributed by atoms with van der Waals surface area (Å²) in [4.78, 5) is 12.9. The second-order valence-electron chi connectivity index (χ2n) is 5.41. The smallest absolute Gasteiger partial charge is 0.265 e. The zero-order valence-electron chi connectivity index (χ0n) is 11.4. The first-order chi connectivity index (χ1) is 9.10. The van der Waals surface area contributed by atoms with Gasteiger partial charge in [0.1, 0.15) is 10.6 Å². The Hall–Kier alpha value is -1.07. The summed E-state index contributed by atoms with van der Waals surface area (Å²) in [5, 5.41) is 14.6. The van der Waals surface area contributed by atoms with Gasteiger partial charge in [-0.25, -0.2) is 0 Å². The van der Waals surface area contributed by atoms with Gasteiger partial charge in [-0.15, -0.1) is 11.3 Å². The van der Waals surface area contributed by atoms with Crippen LogP contribution in [0.3, 0.4) is 0 Å². The first kappa shape index (κ1) is 14.3. The van der Waals surface area contributed by atoms with Crippen molar-refractivity contribution in [3.63, 3.8) is 0 Å². The highest BCUT2D eigenvalue weighted by Gasteiger charge is 2.36. The molecule has 2 unspecified atom stereocenters. The van der Waals surface area contributed by atoms with Crippen LogP contribution in [0.4, 0.5) is 0 Å². The Morgan fingerprint density at radius 3 is 3.11 bits per heavy atom. The Labute approximate surface area is 117 Å². The molecular weight excluding hydrogens is 262 g/mol. The van der Waals surface area contributed by atoms with E-state index >= 15 is 0 Å². The zero-order chi connectivity index (χ0) is 13.9. The summed E-state index contributed by atoms with van der Waals surface area (Å²) < 4.78 is 5.17. The number of ether oxygens (including phenoxy) is 1. The average Bonchev–Trinajstić information content (AvgIpc) is 2.87. The molecule has 2 N–H and O–H groups in total. The third-order valence-electron chi connectivity index (χ3n) is 3.83. The van der Waals surface area contributed by atoms with Gasteiger partial charge in [-0.05, 0) is 30.2 Å². The molecule has 1 aliphatic rings. The van der Waals surface area contributed by atoms with E-state index in [1.54, 1.807) is 13.2 Å². The lowest BCUT2D eigenvalue weighted by atomic mass is 9.77. The van der Waals surface area contributed by atoms with Crippen molar-refractivity contribution < 1.29 is 14.6 Å². The first-order valence-electron chi connectivity index (χ1n) is 6.65. The maximum Gasteiger partial charge on any atom is 0.265 e. The molecule has 0 aliphatic heterocycles. The van der Waals surface area contributed by atoms with Crippen molar-refractivity contribution in [2.75, 3.05) is 13.7 Å². The molecule has 0 bridgehead atoms. The predicted molar refractivity (Wildman–Crippen MR) is 75.8 cm³/mol. The Morgan fingerprint density at radius 1 is 1.68 bits per heavy atom. The molecule has 2 rings (SSSR count). The van der Waals surface area contributed by atoms with Crippen LogP contribution >= 0.6 is 11.3 Å². The van der Waals surface area contributed by atoms with E-state index in [9.17, 15) is 9.90 Å². The van der Waals surface area contributed by atoms with Crippen molar-refractivity contribution in [1.82, 2.24) is 5.32 Å².